The van der Waals surface area contributed by atoms with Gasteiger partial charge in [-0.3, -0.25) is 9.59 Å². The molecule has 1 aliphatic heterocycles. The van der Waals surface area contributed by atoms with E-state index in [2.05, 4.69) is 0 Å². The summed E-state index contributed by atoms with van der Waals surface area (Å²) in [6, 6.07) is 0. The first-order valence-corrected chi connectivity index (χ1v) is 9.83. The summed E-state index contributed by atoms with van der Waals surface area (Å²) in [5.74, 6) is -1.28. The fourth-order valence-electron chi connectivity index (χ4n) is 4.38. The summed E-state index contributed by atoms with van der Waals surface area (Å²) in [6.07, 6.45) is 5.61. The number of hydrogen-bond donors (Lipinski definition) is 1. The van der Waals surface area contributed by atoms with Crippen LogP contribution in [0.1, 0.15) is 44.9 Å². The molecule has 3 rings (SSSR count). The molecule has 1 N–H and O–H groups in total. The Balaban J connectivity index is 1.71. The molecule has 1 heterocycles. The summed E-state index contributed by atoms with van der Waals surface area (Å²) in [5, 5.41) is 9.11. The van der Waals surface area contributed by atoms with E-state index in [0.29, 0.717) is 45.2 Å². The Morgan fingerprint density at radius 1 is 1.09 bits per heavy atom. The molecule has 22 heavy (non-hydrogen) atoms. The Bertz CT molecular complexity index is 597. The van der Waals surface area contributed by atoms with Crippen LogP contribution in [0.3, 0.4) is 0 Å². The first kappa shape index (κ1) is 15.8. The molecule has 2 aliphatic carbocycles. The number of carbonyl (C=O) groups is 2. The van der Waals surface area contributed by atoms with E-state index in [9.17, 15) is 18.0 Å². The Kier molecular flexibility index (Phi) is 3.54. The van der Waals surface area contributed by atoms with Crippen molar-refractivity contribution in [3.05, 3.63) is 0 Å². The van der Waals surface area contributed by atoms with E-state index in [1.54, 1.807) is 4.90 Å². The standard InChI is InChI=1S/C15H23NO5S/c1-22(20,21)15(4-2-3-5-15)13(19)16-8-6-14(7-9-16)10-11(14)12(17)18/h11H,2-10H2,1H3,(H,17,18). The highest BCUT2D eigenvalue weighted by Gasteiger charge is 2.60. The van der Waals surface area contributed by atoms with Crippen molar-refractivity contribution in [1.82, 2.24) is 4.90 Å². The van der Waals surface area contributed by atoms with Gasteiger partial charge in [0.1, 0.15) is 0 Å². The monoisotopic (exact) mass is 329 g/mol. The molecule has 0 aromatic carbocycles. The van der Waals surface area contributed by atoms with Crippen molar-refractivity contribution in [2.24, 2.45) is 11.3 Å². The van der Waals surface area contributed by atoms with Crippen LogP contribution in [-0.4, -0.2) is 54.4 Å². The van der Waals surface area contributed by atoms with Crippen molar-refractivity contribution in [3.8, 4) is 0 Å². The van der Waals surface area contributed by atoms with Gasteiger partial charge in [-0.15, -0.1) is 0 Å². The van der Waals surface area contributed by atoms with E-state index in [0.717, 1.165) is 12.8 Å². The molecule has 0 aromatic rings. The topological polar surface area (TPSA) is 91.8 Å². The smallest absolute Gasteiger partial charge is 0.307 e. The fraction of sp³-hybridized carbons (Fsp3) is 0.867. The predicted molar refractivity (Wildman–Crippen MR) is 80.0 cm³/mol. The lowest BCUT2D eigenvalue weighted by Gasteiger charge is -2.38. The number of likely N-dealkylation sites (tertiary alicyclic amines) is 1. The Labute approximate surface area is 130 Å². The Morgan fingerprint density at radius 3 is 2.05 bits per heavy atom. The summed E-state index contributed by atoms with van der Waals surface area (Å²) in [5.41, 5.74) is -0.142. The zero-order valence-corrected chi connectivity index (χ0v) is 13.7. The number of carboxylic acids is 1. The minimum Gasteiger partial charge on any atom is -0.481 e. The second-order valence-electron chi connectivity index (χ2n) is 7.22. The quantitative estimate of drug-likeness (QED) is 0.836. The van der Waals surface area contributed by atoms with E-state index in [1.807, 2.05) is 0 Å². The van der Waals surface area contributed by atoms with Gasteiger partial charge >= 0.3 is 5.97 Å². The number of carbonyl (C=O) groups excluding carboxylic acids is 1. The number of carboxylic acid groups (broad SMARTS) is 1. The molecule has 0 aromatic heterocycles. The molecule has 7 heteroatoms. The van der Waals surface area contributed by atoms with Crippen molar-refractivity contribution in [3.63, 3.8) is 0 Å². The maximum absolute atomic E-state index is 12.8. The molecule has 2 saturated carbocycles. The van der Waals surface area contributed by atoms with E-state index in [-0.39, 0.29) is 17.2 Å². The lowest BCUT2D eigenvalue weighted by molar-refractivity contribution is -0.140. The number of rotatable bonds is 3. The van der Waals surface area contributed by atoms with Gasteiger partial charge in [-0.1, -0.05) is 12.8 Å². The summed E-state index contributed by atoms with van der Waals surface area (Å²) >= 11 is 0. The van der Waals surface area contributed by atoms with Crippen LogP contribution >= 0.6 is 0 Å². The first-order chi connectivity index (χ1) is 10.2. The third kappa shape index (κ3) is 2.25. The first-order valence-electron chi connectivity index (χ1n) is 7.94. The molecule has 1 atom stereocenters. The number of sulfone groups is 1. The van der Waals surface area contributed by atoms with Gasteiger partial charge in [-0.2, -0.15) is 0 Å². The number of hydrogen-bond acceptors (Lipinski definition) is 4. The van der Waals surface area contributed by atoms with Gasteiger partial charge in [0.05, 0.1) is 5.92 Å². The van der Waals surface area contributed by atoms with E-state index in [1.165, 1.54) is 6.26 Å². The van der Waals surface area contributed by atoms with Gasteiger partial charge in [0.25, 0.3) is 0 Å². The molecule has 1 saturated heterocycles. The van der Waals surface area contributed by atoms with Crippen molar-refractivity contribution in [1.29, 1.82) is 0 Å². The van der Waals surface area contributed by atoms with E-state index >= 15 is 0 Å². The molecule has 124 valence electrons. The molecule has 0 radical (unpaired) electrons. The number of piperidine rings is 1. The molecule has 1 spiro atoms. The highest BCUT2D eigenvalue weighted by atomic mass is 32.2. The normalized spacial score (nSPS) is 29.5. The van der Waals surface area contributed by atoms with E-state index < -0.39 is 20.6 Å². The van der Waals surface area contributed by atoms with Crippen molar-refractivity contribution >= 4 is 21.7 Å². The van der Waals surface area contributed by atoms with Gasteiger partial charge in [0.15, 0.2) is 14.6 Å². The Hall–Kier alpha value is -1.11. The third-order valence-corrected chi connectivity index (χ3v) is 8.05. The zero-order chi connectivity index (χ0) is 16.2. The van der Waals surface area contributed by atoms with Gasteiger partial charge in [0.2, 0.25) is 5.91 Å². The maximum Gasteiger partial charge on any atom is 0.307 e. The lowest BCUT2D eigenvalue weighted by atomic mass is 9.90. The molecule has 1 unspecified atom stereocenters. The van der Waals surface area contributed by atoms with Gasteiger partial charge < -0.3 is 10.0 Å². The summed E-state index contributed by atoms with van der Waals surface area (Å²) in [7, 11) is -3.44. The van der Waals surface area contributed by atoms with Gasteiger partial charge in [-0.25, -0.2) is 8.42 Å². The highest BCUT2D eigenvalue weighted by Crippen LogP contribution is 2.59. The van der Waals surface area contributed by atoms with Crippen LogP contribution in [0.2, 0.25) is 0 Å². The molecule has 3 fully saturated rings. The van der Waals surface area contributed by atoms with Crippen LogP contribution in [0, 0.1) is 11.3 Å². The average Bonchev–Trinajstić information content (AvgIpc) is 2.93. The minimum atomic E-state index is -3.44. The third-order valence-electron chi connectivity index (χ3n) is 6.05. The second kappa shape index (κ2) is 4.94. The van der Waals surface area contributed by atoms with Crippen LogP contribution < -0.4 is 0 Å². The minimum absolute atomic E-state index is 0.142. The lowest BCUT2D eigenvalue weighted by Crippen LogP contribution is -2.54. The van der Waals surface area contributed by atoms with Crippen molar-refractivity contribution in [2.75, 3.05) is 19.3 Å². The van der Waals surface area contributed by atoms with E-state index in [4.69, 9.17) is 5.11 Å². The molecular formula is C15H23NO5S. The van der Waals surface area contributed by atoms with Crippen LogP contribution in [0.25, 0.3) is 0 Å². The van der Waals surface area contributed by atoms with Gasteiger partial charge in [0, 0.05) is 19.3 Å². The Morgan fingerprint density at radius 2 is 1.64 bits per heavy atom. The van der Waals surface area contributed by atoms with Gasteiger partial charge in [-0.05, 0) is 37.5 Å². The predicted octanol–water partition coefficient (Wildman–Crippen LogP) is 1.06. The molecule has 3 aliphatic rings. The summed E-state index contributed by atoms with van der Waals surface area (Å²) in [4.78, 5) is 25.6. The number of amides is 1. The van der Waals surface area contributed by atoms with Crippen LogP contribution in [0.15, 0.2) is 0 Å². The van der Waals surface area contributed by atoms with Crippen molar-refractivity contribution in [2.45, 2.75) is 49.7 Å². The molecule has 0 bridgehead atoms. The number of aliphatic carboxylic acids is 1. The molecule has 1 amide bonds. The highest BCUT2D eigenvalue weighted by molar-refractivity contribution is 7.92. The zero-order valence-electron chi connectivity index (χ0n) is 12.9. The largest absolute Gasteiger partial charge is 0.481 e. The second-order valence-corrected chi connectivity index (χ2v) is 9.55. The van der Waals surface area contributed by atoms with Crippen LogP contribution in [0.4, 0.5) is 0 Å². The van der Waals surface area contributed by atoms with Crippen LogP contribution in [0.5, 0.6) is 0 Å². The maximum atomic E-state index is 12.8. The summed E-state index contributed by atoms with van der Waals surface area (Å²) in [6.45, 7) is 0.972. The van der Waals surface area contributed by atoms with Crippen molar-refractivity contribution < 1.29 is 23.1 Å². The van der Waals surface area contributed by atoms with Crippen LogP contribution in [-0.2, 0) is 19.4 Å². The average molecular weight is 329 g/mol. The SMILES string of the molecule is CS(=O)(=O)C1(C(=O)N2CCC3(CC2)CC3C(=O)O)CCCC1. The fourth-order valence-corrected chi connectivity index (χ4v) is 5.86. The molecular weight excluding hydrogens is 306 g/mol. The summed E-state index contributed by atoms with van der Waals surface area (Å²) < 4.78 is 23.2. The number of nitrogens with zero attached hydrogens (tertiary/aromatic N) is 1. The molecule has 6 nitrogen and oxygen atoms in total.